The van der Waals surface area contributed by atoms with Crippen LogP contribution in [0, 0.1) is 17.2 Å². The van der Waals surface area contributed by atoms with Gasteiger partial charge in [0.15, 0.2) is 0 Å². The first kappa shape index (κ1) is 13.4. The molecule has 0 aliphatic carbocycles. The van der Waals surface area contributed by atoms with Crippen LogP contribution in [0.1, 0.15) is 31.4 Å². The second-order valence-corrected chi connectivity index (χ2v) is 5.25. The zero-order chi connectivity index (χ0) is 13.7. The zero-order valence-electron chi connectivity index (χ0n) is 11.6. The fourth-order valence-corrected chi connectivity index (χ4v) is 2.26. The Morgan fingerprint density at radius 1 is 0.947 bits per heavy atom. The van der Waals surface area contributed by atoms with E-state index in [0.717, 1.165) is 17.5 Å². The molecule has 19 heavy (non-hydrogen) atoms. The second-order valence-electron chi connectivity index (χ2n) is 5.25. The summed E-state index contributed by atoms with van der Waals surface area (Å²) in [5.74, 6) is 0.694. The van der Waals surface area contributed by atoms with Crippen LogP contribution in [0.25, 0.3) is 11.1 Å². The highest BCUT2D eigenvalue weighted by molar-refractivity contribution is 5.73. The lowest BCUT2D eigenvalue weighted by atomic mass is 9.92. The average molecular weight is 249 g/mol. The van der Waals surface area contributed by atoms with Crippen molar-refractivity contribution in [2.75, 3.05) is 0 Å². The van der Waals surface area contributed by atoms with Crippen molar-refractivity contribution in [1.29, 1.82) is 5.26 Å². The smallest absolute Gasteiger partial charge is 0.0998 e. The number of hydrogen-bond donors (Lipinski definition) is 0. The van der Waals surface area contributed by atoms with E-state index in [2.05, 4.69) is 38.1 Å². The highest BCUT2D eigenvalue weighted by atomic mass is 14.2. The van der Waals surface area contributed by atoms with Gasteiger partial charge in [-0.3, -0.25) is 0 Å². The van der Waals surface area contributed by atoms with E-state index in [-0.39, 0.29) is 0 Å². The summed E-state index contributed by atoms with van der Waals surface area (Å²) in [4.78, 5) is 0. The number of rotatable bonds is 4. The summed E-state index contributed by atoms with van der Waals surface area (Å²) in [6.07, 6.45) is 2.24. The van der Waals surface area contributed by atoms with Crippen molar-refractivity contribution in [2.45, 2.75) is 26.7 Å². The van der Waals surface area contributed by atoms with E-state index in [0.29, 0.717) is 5.92 Å². The van der Waals surface area contributed by atoms with Gasteiger partial charge in [0.2, 0.25) is 0 Å². The Hall–Kier alpha value is -2.07. The van der Waals surface area contributed by atoms with E-state index in [4.69, 9.17) is 0 Å². The first-order valence-electron chi connectivity index (χ1n) is 6.79. The molecule has 2 aromatic rings. The van der Waals surface area contributed by atoms with Crippen LogP contribution in [0.15, 0.2) is 48.5 Å². The monoisotopic (exact) mass is 249 g/mol. The molecule has 0 heterocycles. The van der Waals surface area contributed by atoms with E-state index in [9.17, 15) is 5.26 Å². The lowest BCUT2D eigenvalue weighted by molar-refractivity contribution is 0.587. The maximum atomic E-state index is 9.24. The normalized spacial score (nSPS) is 10.4. The lowest BCUT2D eigenvalue weighted by Gasteiger charge is -2.12. The average Bonchev–Trinajstić information content (AvgIpc) is 2.45. The Morgan fingerprint density at radius 2 is 1.58 bits per heavy atom. The molecule has 0 saturated carbocycles. The Balaban J connectivity index is 2.42. The number of nitrogens with zero attached hydrogens (tertiary/aromatic N) is 1. The molecule has 1 nitrogen and oxygen atoms in total. The van der Waals surface area contributed by atoms with Crippen molar-refractivity contribution in [1.82, 2.24) is 0 Å². The Morgan fingerprint density at radius 3 is 2.26 bits per heavy atom. The second kappa shape index (κ2) is 6.20. The van der Waals surface area contributed by atoms with Crippen LogP contribution >= 0.6 is 0 Å². The van der Waals surface area contributed by atoms with Crippen molar-refractivity contribution < 1.29 is 0 Å². The first-order valence-corrected chi connectivity index (χ1v) is 6.79. The molecule has 2 rings (SSSR count). The van der Waals surface area contributed by atoms with Gasteiger partial charge in [-0.1, -0.05) is 56.3 Å². The summed E-state index contributed by atoms with van der Waals surface area (Å²) in [6, 6.07) is 18.5. The SMILES string of the molecule is CC(C)CCc1ccccc1-c1ccccc1C#N. The minimum Gasteiger partial charge on any atom is -0.192 e. The van der Waals surface area contributed by atoms with Gasteiger partial charge in [0.05, 0.1) is 11.6 Å². The summed E-state index contributed by atoms with van der Waals surface area (Å²) < 4.78 is 0. The fourth-order valence-electron chi connectivity index (χ4n) is 2.26. The van der Waals surface area contributed by atoms with Gasteiger partial charge in [-0.25, -0.2) is 0 Å². The van der Waals surface area contributed by atoms with Crippen LogP contribution in [-0.2, 0) is 6.42 Å². The zero-order valence-corrected chi connectivity index (χ0v) is 11.6. The molecule has 0 amide bonds. The molecule has 0 fully saturated rings. The molecule has 0 unspecified atom stereocenters. The summed E-state index contributed by atoms with van der Waals surface area (Å²) >= 11 is 0. The first-order chi connectivity index (χ1) is 9.22. The van der Waals surface area contributed by atoms with Crippen LogP contribution in [0.4, 0.5) is 0 Å². The molecule has 0 spiro atoms. The van der Waals surface area contributed by atoms with Crippen LogP contribution in [0.5, 0.6) is 0 Å². The Labute approximate surface area is 115 Å². The van der Waals surface area contributed by atoms with Crippen LogP contribution in [0.3, 0.4) is 0 Å². The van der Waals surface area contributed by atoms with Gasteiger partial charge in [0.25, 0.3) is 0 Å². The standard InChI is InChI=1S/C18H19N/c1-14(2)11-12-15-7-3-5-9-17(15)18-10-6-4-8-16(18)13-19/h3-10,14H,11-12H2,1-2H3. The molecular weight excluding hydrogens is 230 g/mol. The summed E-state index contributed by atoms with van der Waals surface area (Å²) in [5, 5.41) is 9.24. The van der Waals surface area contributed by atoms with E-state index in [1.54, 1.807) is 0 Å². The Kier molecular flexibility index (Phi) is 4.36. The number of hydrogen-bond acceptors (Lipinski definition) is 1. The van der Waals surface area contributed by atoms with Gasteiger partial charge in [0, 0.05) is 0 Å². The molecule has 0 bridgehead atoms. The lowest BCUT2D eigenvalue weighted by Crippen LogP contribution is -1.95. The number of aryl methyl sites for hydroxylation is 1. The number of benzene rings is 2. The van der Waals surface area contributed by atoms with Crippen molar-refractivity contribution in [3.8, 4) is 17.2 Å². The maximum Gasteiger partial charge on any atom is 0.0998 e. The van der Waals surface area contributed by atoms with Gasteiger partial charge in [0.1, 0.15) is 0 Å². The van der Waals surface area contributed by atoms with Crippen LogP contribution in [0.2, 0.25) is 0 Å². The molecule has 1 heteroatoms. The van der Waals surface area contributed by atoms with E-state index in [1.165, 1.54) is 17.5 Å². The minimum atomic E-state index is 0.694. The van der Waals surface area contributed by atoms with Gasteiger partial charge < -0.3 is 0 Å². The molecule has 0 aromatic heterocycles. The fraction of sp³-hybridized carbons (Fsp3) is 0.278. The van der Waals surface area contributed by atoms with Crippen LogP contribution < -0.4 is 0 Å². The summed E-state index contributed by atoms with van der Waals surface area (Å²) in [7, 11) is 0. The van der Waals surface area contributed by atoms with Gasteiger partial charge in [-0.15, -0.1) is 0 Å². The predicted molar refractivity (Wildman–Crippen MR) is 79.8 cm³/mol. The van der Waals surface area contributed by atoms with E-state index in [1.807, 2.05) is 30.3 Å². The molecule has 0 aliphatic rings. The minimum absolute atomic E-state index is 0.694. The van der Waals surface area contributed by atoms with Crippen molar-refractivity contribution in [3.05, 3.63) is 59.7 Å². The molecule has 0 saturated heterocycles. The summed E-state index contributed by atoms with van der Waals surface area (Å²) in [6.45, 7) is 4.48. The largest absolute Gasteiger partial charge is 0.192 e. The molecular formula is C18H19N. The third-order valence-electron chi connectivity index (χ3n) is 3.35. The highest BCUT2D eigenvalue weighted by Gasteiger charge is 2.08. The third-order valence-corrected chi connectivity index (χ3v) is 3.35. The van der Waals surface area contributed by atoms with Crippen LogP contribution in [-0.4, -0.2) is 0 Å². The van der Waals surface area contributed by atoms with Gasteiger partial charge >= 0.3 is 0 Å². The summed E-state index contributed by atoms with van der Waals surface area (Å²) in [5.41, 5.74) is 4.32. The van der Waals surface area contributed by atoms with Gasteiger partial charge in [-0.2, -0.15) is 5.26 Å². The molecule has 0 atom stereocenters. The van der Waals surface area contributed by atoms with Crippen molar-refractivity contribution in [3.63, 3.8) is 0 Å². The molecule has 2 aromatic carbocycles. The molecule has 0 N–H and O–H groups in total. The van der Waals surface area contributed by atoms with Gasteiger partial charge in [-0.05, 0) is 41.5 Å². The van der Waals surface area contributed by atoms with Crippen molar-refractivity contribution >= 4 is 0 Å². The molecule has 96 valence electrons. The molecule has 0 aliphatic heterocycles. The molecule has 0 radical (unpaired) electrons. The van der Waals surface area contributed by atoms with E-state index < -0.39 is 0 Å². The van der Waals surface area contributed by atoms with E-state index >= 15 is 0 Å². The van der Waals surface area contributed by atoms with Crippen molar-refractivity contribution in [2.24, 2.45) is 5.92 Å². The topological polar surface area (TPSA) is 23.8 Å². The maximum absolute atomic E-state index is 9.24. The quantitative estimate of drug-likeness (QED) is 0.762. The number of nitriles is 1. The highest BCUT2D eigenvalue weighted by Crippen LogP contribution is 2.28. The predicted octanol–water partition coefficient (Wildman–Crippen LogP) is 4.81. The Bertz CT molecular complexity index is 591. The third kappa shape index (κ3) is 3.23.